The maximum absolute atomic E-state index is 12.4. The Morgan fingerprint density at radius 1 is 1.52 bits per heavy atom. The van der Waals surface area contributed by atoms with Crippen molar-refractivity contribution in [3.63, 3.8) is 0 Å². The van der Waals surface area contributed by atoms with E-state index in [4.69, 9.17) is 5.73 Å². The van der Waals surface area contributed by atoms with Crippen LogP contribution in [0.25, 0.3) is 0 Å². The summed E-state index contributed by atoms with van der Waals surface area (Å²) in [5.41, 5.74) is 8.02. The lowest BCUT2D eigenvalue weighted by Crippen LogP contribution is -2.58. The third kappa shape index (κ3) is 3.33. The van der Waals surface area contributed by atoms with Crippen molar-refractivity contribution in [3.8, 4) is 0 Å². The Bertz CT molecular complexity index is 559. The molecule has 2 unspecified atom stereocenters. The van der Waals surface area contributed by atoms with Crippen LogP contribution in [0.15, 0.2) is 18.2 Å². The van der Waals surface area contributed by atoms with Crippen molar-refractivity contribution >= 4 is 23.2 Å². The number of carbonyl (C=O) groups excluding carboxylic acids is 2. The van der Waals surface area contributed by atoms with Gasteiger partial charge < -0.3 is 16.4 Å². The predicted molar refractivity (Wildman–Crippen MR) is 82.9 cm³/mol. The highest BCUT2D eigenvalue weighted by atomic mass is 16.2. The van der Waals surface area contributed by atoms with Crippen LogP contribution in [0.2, 0.25) is 0 Å². The first kappa shape index (κ1) is 15.3. The summed E-state index contributed by atoms with van der Waals surface area (Å²) in [5.74, 6) is -0.175. The molecule has 1 aromatic rings. The fraction of sp³-hybridized carbons (Fsp3) is 0.467. The standard InChI is InChI=1S/C15H22N4O2/c1-9-4-5-12(16)8-13(9)18-15(21)11(3)19-7-6-17-14(20)10(19)2/h4-5,8,10-11H,6-7,16H2,1-3H3,(H,17,20)(H,18,21). The molecule has 0 aliphatic carbocycles. The number of piperazine rings is 1. The summed E-state index contributed by atoms with van der Waals surface area (Å²) < 4.78 is 0. The first-order chi connectivity index (χ1) is 9.90. The molecule has 0 aromatic heterocycles. The number of nitrogens with two attached hydrogens (primary N) is 1. The van der Waals surface area contributed by atoms with E-state index in [2.05, 4.69) is 10.6 Å². The number of hydrogen-bond donors (Lipinski definition) is 3. The van der Waals surface area contributed by atoms with Gasteiger partial charge in [-0.3, -0.25) is 14.5 Å². The molecule has 0 radical (unpaired) electrons. The molecular weight excluding hydrogens is 268 g/mol. The molecule has 2 atom stereocenters. The van der Waals surface area contributed by atoms with Crippen LogP contribution in [-0.2, 0) is 9.59 Å². The summed E-state index contributed by atoms with van der Waals surface area (Å²) in [5, 5.41) is 5.68. The largest absolute Gasteiger partial charge is 0.399 e. The van der Waals surface area contributed by atoms with Gasteiger partial charge in [-0.15, -0.1) is 0 Å². The first-order valence-corrected chi connectivity index (χ1v) is 7.10. The molecule has 0 bridgehead atoms. The van der Waals surface area contributed by atoms with Gasteiger partial charge in [0.25, 0.3) is 0 Å². The molecule has 1 fully saturated rings. The molecule has 6 nitrogen and oxygen atoms in total. The van der Waals surface area contributed by atoms with Crippen molar-refractivity contribution in [1.29, 1.82) is 0 Å². The molecule has 2 rings (SSSR count). The number of nitrogen functional groups attached to an aromatic ring is 1. The van der Waals surface area contributed by atoms with Crippen LogP contribution >= 0.6 is 0 Å². The second-order valence-corrected chi connectivity index (χ2v) is 5.44. The quantitative estimate of drug-likeness (QED) is 0.716. The monoisotopic (exact) mass is 290 g/mol. The zero-order chi connectivity index (χ0) is 15.6. The number of anilines is 2. The topological polar surface area (TPSA) is 87.5 Å². The van der Waals surface area contributed by atoms with Crippen molar-refractivity contribution in [3.05, 3.63) is 23.8 Å². The van der Waals surface area contributed by atoms with Crippen molar-refractivity contribution < 1.29 is 9.59 Å². The second kappa shape index (κ2) is 6.13. The molecule has 1 aliphatic rings. The van der Waals surface area contributed by atoms with Crippen LogP contribution in [0, 0.1) is 6.92 Å². The van der Waals surface area contributed by atoms with Gasteiger partial charge in [-0.2, -0.15) is 0 Å². The zero-order valence-electron chi connectivity index (χ0n) is 12.6. The summed E-state index contributed by atoms with van der Waals surface area (Å²) >= 11 is 0. The number of benzene rings is 1. The summed E-state index contributed by atoms with van der Waals surface area (Å²) in [7, 11) is 0. The molecule has 4 N–H and O–H groups in total. The molecule has 1 saturated heterocycles. The van der Waals surface area contributed by atoms with E-state index in [1.54, 1.807) is 12.1 Å². The minimum absolute atomic E-state index is 0.0407. The Morgan fingerprint density at radius 2 is 2.24 bits per heavy atom. The lowest BCUT2D eigenvalue weighted by molar-refractivity contribution is -0.132. The molecule has 0 spiro atoms. The lowest BCUT2D eigenvalue weighted by Gasteiger charge is -2.36. The Morgan fingerprint density at radius 3 is 2.95 bits per heavy atom. The third-order valence-corrected chi connectivity index (χ3v) is 3.94. The minimum Gasteiger partial charge on any atom is -0.399 e. The molecule has 0 saturated carbocycles. The third-order valence-electron chi connectivity index (χ3n) is 3.94. The van der Waals surface area contributed by atoms with E-state index in [1.807, 2.05) is 31.7 Å². The number of hydrogen-bond acceptors (Lipinski definition) is 4. The van der Waals surface area contributed by atoms with Crippen LogP contribution < -0.4 is 16.4 Å². The van der Waals surface area contributed by atoms with Gasteiger partial charge in [-0.05, 0) is 38.5 Å². The molecule has 2 amide bonds. The highest BCUT2D eigenvalue weighted by molar-refractivity contribution is 5.96. The Labute approximate surface area is 124 Å². The number of rotatable bonds is 3. The Kier molecular flexibility index (Phi) is 4.47. The summed E-state index contributed by atoms with van der Waals surface area (Å²) in [4.78, 5) is 26.0. The minimum atomic E-state index is -0.383. The van der Waals surface area contributed by atoms with E-state index in [-0.39, 0.29) is 23.9 Å². The number of carbonyl (C=O) groups is 2. The van der Waals surface area contributed by atoms with Crippen LogP contribution in [0.1, 0.15) is 19.4 Å². The number of nitrogens with one attached hydrogen (secondary N) is 2. The van der Waals surface area contributed by atoms with Gasteiger partial charge in [-0.1, -0.05) is 6.07 Å². The SMILES string of the molecule is Cc1ccc(N)cc1NC(=O)C(C)N1CCNC(=O)C1C. The molecule has 1 aliphatic heterocycles. The average molecular weight is 290 g/mol. The summed E-state index contributed by atoms with van der Waals surface area (Å²) in [6, 6.07) is 4.72. The molecule has 1 heterocycles. The van der Waals surface area contributed by atoms with Crippen molar-refractivity contribution in [1.82, 2.24) is 10.2 Å². The van der Waals surface area contributed by atoms with Gasteiger partial charge >= 0.3 is 0 Å². The molecule has 6 heteroatoms. The Balaban J connectivity index is 2.09. The van der Waals surface area contributed by atoms with E-state index in [1.165, 1.54) is 0 Å². The van der Waals surface area contributed by atoms with Crippen molar-refractivity contribution in [2.24, 2.45) is 0 Å². The summed E-state index contributed by atoms with van der Waals surface area (Å²) in [6.45, 7) is 6.77. The van der Waals surface area contributed by atoms with Gasteiger partial charge in [-0.25, -0.2) is 0 Å². The molecule has 1 aromatic carbocycles. The molecule has 114 valence electrons. The highest BCUT2D eigenvalue weighted by Crippen LogP contribution is 2.19. The van der Waals surface area contributed by atoms with E-state index < -0.39 is 0 Å². The Hall–Kier alpha value is -2.08. The molecular formula is C15H22N4O2. The van der Waals surface area contributed by atoms with Crippen molar-refractivity contribution in [2.45, 2.75) is 32.9 Å². The fourth-order valence-electron chi connectivity index (χ4n) is 2.49. The van der Waals surface area contributed by atoms with E-state index in [9.17, 15) is 9.59 Å². The average Bonchev–Trinajstić information content (AvgIpc) is 2.45. The normalized spacial score (nSPS) is 20.7. The van der Waals surface area contributed by atoms with Crippen LogP contribution in [0.4, 0.5) is 11.4 Å². The van der Waals surface area contributed by atoms with Gasteiger partial charge in [0.05, 0.1) is 12.1 Å². The number of aryl methyl sites for hydroxylation is 1. The highest BCUT2D eigenvalue weighted by Gasteiger charge is 2.32. The van der Waals surface area contributed by atoms with Gasteiger partial charge in [0.1, 0.15) is 0 Å². The number of amides is 2. The van der Waals surface area contributed by atoms with Crippen LogP contribution in [-0.4, -0.2) is 41.9 Å². The maximum atomic E-state index is 12.4. The zero-order valence-corrected chi connectivity index (χ0v) is 12.6. The fourth-order valence-corrected chi connectivity index (χ4v) is 2.49. The van der Waals surface area contributed by atoms with Crippen LogP contribution in [0.3, 0.4) is 0 Å². The van der Waals surface area contributed by atoms with E-state index in [0.29, 0.717) is 24.5 Å². The van der Waals surface area contributed by atoms with Crippen molar-refractivity contribution in [2.75, 3.05) is 24.1 Å². The van der Waals surface area contributed by atoms with Gasteiger partial charge in [0.15, 0.2) is 0 Å². The molecule has 21 heavy (non-hydrogen) atoms. The van der Waals surface area contributed by atoms with Gasteiger partial charge in [0, 0.05) is 24.5 Å². The van der Waals surface area contributed by atoms with Crippen LogP contribution in [0.5, 0.6) is 0 Å². The second-order valence-electron chi connectivity index (χ2n) is 5.44. The summed E-state index contributed by atoms with van der Waals surface area (Å²) in [6.07, 6.45) is 0. The predicted octanol–water partition coefficient (Wildman–Crippen LogP) is 0.725. The maximum Gasteiger partial charge on any atom is 0.241 e. The number of nitrogens with zero attached hydrogens (tertiary/aromatic N) is 1. The van der Waals surface area contributed by atoms with Gasteiger partial charge in [0.2, 0.25) is 11.8 Å². The smallest absolute Gasteiger partial charge is 0.241 e. The lowest BCUT2D eigenvalue weighted by atomic mass is 10.1. The first-order valence-electron chi connectivity index (χ1n) is 7.10. The van der Waals surface area contributed by atoms with E-state index >= 15 is 0 Å². The van der Waals surface area contributed by atoms with E-state index in [0.717, 1.165) is 5.56 Å².